The van der Waals surface area contributed by atoms with Crippen LogP contribution in [0.15, 0.2) is 15.9 Å². The van der Waals surface area contributed by atoms with E-state index in [0.29, 0.717) is 12.6 Å². The number of thiophene rings is 1. The lowest BCUT2D eigenvalue weighted by Crippen LogP contribution is -2.24. The van der Waals surface area contributed by atoms with Crippen molar-refractivity contribution in [3.05, 3.63) is 20.8 Å². The largest absolute Gasteiger partial charge is 0.307 e. The van der Waals surface area contributed by atoms with E-state index in [1.165, 1.54) is 24.2 Å². The van der Waals surface area contributed by atoms with Crippen molar-refractivity contribution in [2.45, 2.75) is 18.9 Å². The predicted octanol–water partition coefficient (Wildman–Crippen LogP) is 2.45. The van der Waals surface area contributed by atoms with E-state index in [9.17, 15) is 4.79 Å². The van der Waals surface area contributed by atoms with Crippen LogP contribution in [0.25, 0.3) is 0 Å². The number of hydrogen-bond acceptors (Lipinski definition) is 3. The second-order valence-electron chi connectivity index (χ2n) is 3.18. The topological polar surface area (TPSA) is 29.1 Å². The van der Waals surface area contributed by atoms with Gasteiger partial charge in [0.15, 0.2) is 5.78 Å². The molecule has 2 nitrogen and oxygen atoms in total. The molecule has 1 aliphatic carbocycles. The van der Waals surface area contributed by atoms with Gasteiger partial charge in [-0.2, -0.15) is 0 Å². The van der Waals surface area contributed by atoms with Crippen LogP contribution in [-0.2, 0) is 0 Å². The highest BCUT2D eigenvalue weighted by Crippen LogP contribution is 2.23. The van der Waals surface area contributed by atoms with Gasteiger partial charge in [-0.3, -0.25) is 4.79 Å². The molecule has 0 amide bonds. The number of ketones is 1. The molecule has 1 aromatic rings. The third-order valence-corrected chi connectivity index (χ3v) is 3.64. The fourth-order valence-corrected chi connectivity index (χ4v) is 2.40. The number of halogens is 1. The molecular formula is C9H10BrNOS. The number of hydrogen-bond donors (Lipinski definition) is 1. The molecule has 0 aromatic carbocycles. The summed E-state index contributed by atoms with van der Waals surface area (Å²) in [6.07, 6.45) is 2.45. The van der Waals surface area contributed by atoms with Crippen molar-refractivity contribution in [3.8, 4) is 0 Å². The van der Waals surface area contributed by atoms with Crippen LogP contribution in [-0.4, -0.2) is 18.4 Å². The number of Topliss-reactive ketones (excluding diaryl/α,β-unsaturated/α-hetero) is 1. The Hall–Kier alpha value is -0.190. The number of rotatable bonds is 4. The SMILES string of the molecule is O=C(CNC1CC1)c1ccc(Br)s1. The molecule has 0 atom stereocenters. The zero-order valence-electron chi connectivity index (χ0n) is 7.05. The molecule has 0 bridgehead atoms. The minimum Gasteiger partial charge on any atom is -0.307 e. The van der Waals surface area contributed by atoms with Gasteiger partial charge in [0.2, 0.25) is 0 Å². The second kappa shape index (κ2) is 3.90. The standard InChI is InChI=1S/C9H10BrNOS/c10-9-4-3-8(13-9)7(12)5-11-6-1-2-6/h3-4,6,11H,1-2,5H2. The minimum absolute atomic E-state index is 0.197. The second-order valence-corrected chi connectivity index (χ2v) is 5.65. The highest BCUT2D eigenvalue weighted by molar-refractivity contribution is 9.11. The van der Waals surface area contributed by atoms with Crippen LogP contribution in [0.5, 0.6) is 0 Å². The lowest BCUT2D eigenvalue weighted by Gasteiger charge is -1.98. The van der Waals surface area contributed by atoms with E-state index in [2.05, 4.69) is 21.2 Å². The van der Waals surface area contributed by atoms with Gasteiger partial charge in [-0.05, 0) is 40.9 Å². The van der Waals surface area contributed by atoms with Gasteiger partial charge < -0.3 is 5.32 Å². The monoisotopic (exact) mass is 259 g/mol. The van der Waals surface area contributed by atoms with Crippen LogP contribution in [0.4, 0.5) is 0 Å². The van der Waals surface area contributed by atoms with E-state index in [-0.39, 0.29) is 5.78 Å². The molecule has 1 aliphatic rings. The van der Waals surface area contributed by atoms with Crippen molar-refractivity contribution < 1.29 is 4.79 Å². The van der Waals surface area contributed by atoms with E-state index in [1.54, 1.807) is 0 Å². The third-order valence-electron chi connectivity index (χ3n) is 1.98. The molecule has 1 N–H and O–H groups in total. The number of carbonyl (C=O) groups is 1. The van der Waals surface area contributed by atoms with Gasteiger partial charge in [0.25, 0.3) is 0 Å². The third kappa shape index (κ3) is 2.62. The van der Waals surface area contributed by atoms with Crippen molar-refractivity contribution in [1.29, 1.82) is 0 Å². The Balaban J connectivity index is 1.88. The van der Waals surface area contributed by atoms with Gasteiger partial charge >= 0.3 is 0 Å². The molecule has 13 heavy (non-hydrogen) atoms. The summed E-state index contributed by atoms with van der Waals surface area (Å²) >= 11 is 4.83. The van der Waals surface area contributed by atoms with E-state index in [0.717, 1.165) is 8.66 Å². The molecule has 1 aromatic heterocycles. The molecular weight excluding hydrogens is 250 g/mol. The quantitative estimate of drug-likeness (QED) is 0.842. The maximum atomic E-state index is 11.5. The Labute approximate surface area is 89.5 Å². The molecule has 1 heterocycles. The van der Waals surface area contributed by atoms with Gasteiger partial charge in [0.05, 0.1) is 15.2 Å². The van der Waals surface area contributed by atoms with Crippen LogP contribution in [0.2, 0.25) is 0 Å². The zero-order valence-corrected chi connectivity index (χ0v) is 9.45. The molecule has 1 saturated carbocycles. The Kier molecular flexibility index (Phi) is 2.81. The summed E-state index contributed by atoms with van der Waals surface area (Å²) in [5, 5.41) is 3.21. The molecule has 1 fully saturated rings. The van der Waals surface area contributed by atoms with E-state index in [1.807, 2.05) is 12.1 Å². The minimum atomic E-state index is 0.197. The van der Waals surface area contributed by atoms with Gasteiger partial charge in [0, 0.05) is 6.04 Å². The molecule has 4 heteroatoms. The maximum Gasteiger partial charge on any atom is 0.186 e. The van der Waals surface area contributed by atoms with Crippen molar-refractivity contribution in [2.24, 2.45) is 0 Å². The average molecular weight is 260 g/mol. The number of carbonyl (C=O) groups excluding carboxylic acids is 1. The molecule has 0 radical (unpaired) electrons. The Morgan fingerprint density at radius 1 is 1.62 bits per heavy atom. The van der Waals surface area contributed by atoms with E-state index < -0.39 is 0 Å². The Morgan fingerprint density at radius 2 is 2.38 bits per heavy atom. The Morgan fingerprint density at radius 3 is 2.92 bits per heavy atom. The predicted molar refractivity (Wildman–Crippen MR) is 57.4 cm³/mol. The van der Waals surface area contributed by atoms with Gasteiger partial charge in [-0.25, -0.2) is 0 Å². The normalized spacial score (nSPS) is 16.1. The van der Waals surface area contributed by atoms with Crippen molar-refractivity contribution in [2.75, 3.05) is 6.54 Å². The number of nitrogens with one attached hydrogen (secondary N) is 1. The van der Waals surface area contributed by atoms with Crippen LogP contribution >= 0.6 is 27.3 Å². The van der Waals surface area contributed by atoms with Gasteiger partial charge in [0.1, 0.15) is 0 Å². The first-order valence-corrected chi connectivity index (χ1v) is 5.88. The van der Waals surface area contributed by atoms with Crippen LogP contribution < -0.4 is 5.32 Å². The fourth-order valence-electron chi connectivity index (χ4n) is 1.08. The first-order valence-electron chi connectivity index (χ1n) is 4.27. The molecule has 2 rings (SSSR count). The average Bonchev–Trinajstić information content (AvgIpc) is 2.84. The van der Waals surface area contributed by atoms with E-state index in [4.69, 9.17) is 0 Å². The summed E-state index contributed by atoms with van der Waals surface area (Å²) in [4.78, 5) is 12.4. The smallest absolute Gasteiger partial charge is 0.186 e. The van der Waals surface area contributed by atoms with Gasteiger partial charge in [-0.1, -0.05) is 0 Å². The summed E-state index contributed by atoms with van der Waals surface area (Å²) in [5.74, 6) is 0.197. The first-order chi connectivity index (χ1) is 6.25. The molecule has 0 saturated heterocycles. The first kappa shape index (κ1) is 9.37. The summed E-state index contributed by atoms with van der Waals surface area (Å²) in [5.41, 5.74) is 0. The van der Waals surface area contributed by atoms with Crippen LogP contribution in [0, 0.1) is 0 Å². The maximum absolute atomic E-state index is 11.5. The summed E-state index contributed by atoms with van der Waals surface area (Å²) in [6.45, 7) is 0.484. The molecule has 0 unspecified atom stereocenters. The highest BCUT2D eigenvalue weighted by atomic mass is 79.9. The van der Waals surface area contributed by atoms with Crippen molar-refractivity contribution in [1.82, 2.24) is 5.32 Å². The molecule has 0 spiro atoms. The zero-order chi connectivity index (χ0) is 9.26. The summed E-state index contributed by atoms with van der Waals surface area (Å²) in [6, 6.07) is 4.38. The summed E-state index contributed by atoms with van der Waals surface area (Å²) < 4.78 is 1.02. The van der Waals surface area contributed by atoms with Gasteiger partial charge in [-0.15, -0.1) is 11.3 Å². The fraction of sp³-hybridized carbons (Fsp3) is 0.444. The van der Waals surface area contributed by atoms with Crippen LogP contribution in [0.1, 0.15) is 22.5 Å². The molecule has 70 valence electrons. The molecule has 0 aliphatic heterocycles. The highest BCUT2D eigenvalue weighted by Gasteiger charge is 2.21. The lowest BCUT2D eigenvalue weighted by atomic mass is 10.3. The van der Waals surface area contributed by atoms with Crippen LogP contribution in [0.3, 0.4) is 0 Å². The lowest BCUT2D eigenvalue weighted by molar-refractivity contribution is 0.0994. The van der Waals surface area contributed by atoms with Crippen molar-refractivity contribution >= 4 is 33.0 Å². The van der Waals surface area contributed by atoms with Crippen molar-refractivity contribution in [3.63, 3.8) is 0 Å². The van der Waals surface area contributed by atoms with E-state index >= 15 is 0 Å². The summed E-state index contributed by atoms with van der Waals surface area (Å²) in [7, 11) is 0. The Bertz CT molecular complexity index is 319.